The van der Waals surface area contributed by atoms with Crippen LogP contribution in [0.3, 0.4) is 0 Å². The maximum atomic E-state index is 10.5. The van der Waals surface area contributed by atoms with Crippen LogP contribution in [0.15, 0.2) is 0 Å². The number of rotatable bonds is 6. The molecule has 134 valence electrons. The summed E-state index contributed by atoms with van der Waals surface area (Å²) >= 11 is 0. The van der Waals surface area contributed by atoms with Crippen molar-refractivity contribution >= 4 is 0 Å². The molecule has 23 heavy (non-hydrogen) atoms. The molecule has 0 aromatic carbocycles. The third-order valence-electron chi connectivity index (χ3n) is 7.29. The van der Waals surface area contributed by atoms with E-state index in [1.54, 1.807) is 0 Å². The van der Waals surface area contributed by atoms with Crippen molar-refractivity contribution in [3.8, 4) is 0 Å². The largest absolute Gasteiger partial charge is 0.389 e. The van der Waals surface area contributed by atoms with E-state index in [0.29, 0.717) is 24.2 Å². The molecule has 3 rings (SSSR count). The maximum Gasteiger partial charge on any atom is 0.0900 e. The Labute approximate surface area is 142 Å². The van der Waals surface area contributed by atoms with Gasteiger partial charge in [-0.1, -0.05) is 40.0 Å². The Morgan fingerprint density at radius 1 is 1.13 bits per heavy atom. The van der Waals surface area contributed by atoms with Crippen molar-refractivity contribution in [1.82, 2.24) is 4.90 Å². The fourth-order valence-corrected chi connectivity index (χ4v) is 5.94. The van der Waals surface area contributed by atoms with Gasteiger partial charge >= 0.3 is 0 Å². The summed E-state index contributed by atoms with van der Waals surface area (Å²) in [4.78, 5) is 2.36. The van der Waals surface area contributed by atoms with Gasteiger partial charge in [-0.05, 0) is 55.9 Å². The van der Waals surface area contributed by atoms with E-state index in [-0.39, 0.29) is 11.5 Å². The van der Waals surface area contributed by atoms with Gasteiger partial charge in [0.1, 0.15) is 0 Å². The normalized spacial score (nSPS) is 38.3. The highest BCUT2D eigenvalue weighted by Gasteiger charge is 2.60. The van der Waals surface area contributed by atoms with Crippen LogP contribution in [0.5, 0.6) is 0 Å². The highest BCUT2D eigenvalue weighted by Crippen LogP contribution is 2.63. The van der Waals surface area contributed by atoms with E-state index in [0.717, 1.165) is 12.5 Å². The number of fused-ring (bicyclic) bond motifs is 2. The Hall–Kier alpha value is -0.120. The van der Waals surface area contributed by atoms with Crippen molar-refractivity contribution < 1.29 is 9.84 Å². The molecule has 3 saturated carbocycles. The van der Waals surface area contributed by atoms with Crippen molar-refractivity contribution in [2.24, 2.45) is 16.7 Å². The van der Waals surface area contributed by atoms with E-state index in [4.69, 9.17) is 4.74 Å². The first-order chi connectivity index (χ1) is 10.8. The SMILES string of the molecule is CN(CC(O)COC1C2(C)CCC(C2)C1(C)C)C1CCCCC1. The van der Waals surface area contributed by atoms with Crippen LogP contribution in [0, 0.1) is 16.7 Å². The van der Waals surface area contributed by atoms with Crippen LogP contribution in [-0.2, 0) is 4.74 Å². The number of hydrogen-bond acceptors (Lipinski definition) is 3. The quantitative estimate of drug-likeness (QED) is 0.806. The molecule has 3 fully saturated rings. The molecule has 0 aromatic heterocycles. The standard InChI is InChI=1S/C20H37NO2/c1-19(2)15-10-11-20(3,12-15)18(19)23-14-17(22)13-21(4)16-8-6-5-7-9-16/h15-18,22H,5-14H2,1-4H3. The van der Waals surface area contributed by atoms with Crippen molar-refractivity contribution in [2.75, 3.05) is 20.2 Å². The van der Waals surface area contributed by atoms with Gasteiger partial charge in [-0.15, -0.1) is 0 Å². The highest BCUT2D eigenvalue weighted by atomic mass is 16.5. The van der Waals surface area contributed by atoms with Gasteiger partial charge in [0, 0.05) is 12.6 Å². The molecule has 4 unspecified atom stereocenters. The zero-order chi connectivity index (χ0) is 16.7. The summed E-state index contributed by atoms with van der Waals surface area (Å²) in [5.74, 6) is 0.805. The fraction of sp³-hybridized carbons (Fsp3) is 1.00. The van der Waals surface area contributed by atoms with E-state index in [1.807, 2.05) is 0 Å². The van der Waals surface area contributed by atoms with Crippen LogP contribution >= 0.6 is 0 Å². The van der Waals surface area contributed by atoms with Gasteiger partial charge in [0.05, 0.1) is 18.8 Å². The smallest absolute Gasteiger partial charge is 0.0900 e. The third kappa shape index (κ3) is 3.48. The Bertz CT molecular complexity index is 400. The summed E-state index contributed by atoms with van der Waals surface area (Å²) in [6.45, 7) is 8.37. The van der Waals surface area contributed by atoms with Gasteiger partial charge in [-0.2, -0.15) is 0 Å². The molecule has 3 aliphatic carbocycles. The van der Waals surface area contributed by atoms with Crippen molar-refractivity contribution in [3.63, 3.8) is 0 Å². The lowest BCUT2D eigenvalue weighted by Gasteiger charge is -2.43. The molecule has 3 heteroatoms. The van der Waals surface area contributed by atoms with Gasteiger partial charge in [-0.25, -0.2) is 0 Å². The molecule has 0 saturated heterocycles. The van der Waals surface area contributed by atoms with Crippen LogP contribution in [-0.4, -0.2) is 48.5 Å². The van der Waals surface area contributed by atoms with Gasteiger partial charge in [0.15, 0.2) is 0 Å². The minimum absolute atomic E-state index is 0.266. The van der Waals surface area contributed by atoms with Gasteiger partial charge in [0.25, 0.3) is 0 Å². The van der Waals surface area contributed by atoms with E-state index >= 15 is 0 Å². The lowest BCUT2D eigenvalue weighted by atomic mass is 9.70. The van der Waals surface area contributed by atoms with Crippen LogP contribution in [0.1, 0.15) is 72.1 Å². The summed E-state index contributed by atoms with van der Waals surface area (Å²) in [6, 6.07) is 0.662. The van der Waals surface area contributed by atoms with Gasteiger partial charge < -0.3 is 14.7 Å². The molecule has 0 aromatic rings. The second-order valence-electron chi connectivity index (χ2n) is 9.51. The number of aliphatic hydroxyl groups is 1. The third-order valence-corrected chi connectivity index (χ3v) is 7.29. The number of nitrogens with zero attached hydrogens (tertiary/aromatic N) is 1. The second-order valence-corrected chi connectivity index (χ2v) is 9.51. The summed E-state index contributed by atoms with van der Waals surface area (Å²) < 4.78 is 6.33. The molecule has 4 atom stereocenters. The lowest BCUT2D eigenvalue weighted by Crippen LogP contribution is -2.45. The average molecular weight is 324 g/mol. The van der Waals surface area contributed by atoms with Crippen molar-refractivity contribution in [2.45, 2.75) is 90.4 Å². The van der Waals surface area contributed by atoms with Crippen molar-refractivity contribution in [1.29, 1.82) is 0 Å². The molecular formula is C20H37NO2. The van der Waals surface area contributed by atoms with Gasteiger partial charge in [-0.3, -0.25) is 0 Å². The zero-order valence-electron chi connectivity index (χ0n) is 15.7. The molecule has 0 aliphatic heterocycles. The van der Waals surface area contributed by atoms with E-state index in [2.05, 4.69) is 32.7 Å². The van der Waals surface area contributed by atoms with Crippen molar-refractivity contribution in [3.05, 3.63) is 0 Å². The monoisotopic (exact) mass is 323 g/mol. The second kappa shape index (κ2) is 6.65. The molecule has 0 heterocycles. The molecule has 3 nitrogen and oxygen atoms in total. The van der Waals surface area contributed by atoms with E-state index < -0.39 is 0 Å². The number of aliphatic hydroxyl groups excluding tert-OH is 1. The molecule has 1 N–H and O–H groups in total. The first kappa shape index (κ1) is 17.7. The summed E-state index contributed by atoms with van der Waals surface area (Å²) in [5.41, 5.74) is 0.602. The zero-order valence-corrected chi connectivity index (χ0v) is 15.7. The molecule has 0 radical (unpaired) electrons. The predicted molar refractivity (Wildman–Crippen MR) is 94.5 cm³/mol. The van der Waals surface area contributed by atoms with Crippen LogP contribution < -0.4 is 0 Å². The minimum atomic E-state index is -0.361. The number of likely N-dealkylation sites (N-methyl/N-ethyl adjacent to an activating group) is 1. The molecule has 0 spiro atoms. The Morgan fingerprint density at radius 2 is 1.83 bits per heavy atom. The summed E-state index contributed by atoms with van der Waals surface area (Å²) in [7, 11) is 2.17. The summed E-state index contributed by atoms with van der Waals surface area (Å²) in [6.07, 6.45) is 10.6. The molecule has 2 bridgehead atoms. The lowest BCUT2D eigenvalue weighted by molar-refractivity contribution is -0.114. The van der Waals surface area contributed by atoms with E-state index in [1.165, 1.54) is 51.4 Å². The Kier molecular flexibility index (Phi) is 5.11. The maximum absolute atomic E-state index is 10.5. The number of hydrogen-bond donors (Lipinski definition) is 1. The topological polar surface area (TPSA) is 32.7 Å². The number of ether oxygens (including phenoxy) is 1. The first-order valence-electron chi connectivity index (χ1n) is 9.83. The van der Waals surface area contributed by atoms with Crippen LogP contribution in [0.25, 0.3) is 0 Å². The average Bonchev–Trinajstić information content (AvgIpc) is 2.98. The van der Waals surface area contributed by atoms with Gasteiger partial charge in [0.2, 0.25) is 0 Å². The summed E-state index contributed by atoms with van der Waals surface area (Å²) in [5, 5.41) is 10.5. The molecular weight excluding hydrogens is 286 g/mol. The minimum Gasteiger partial charge on any atom is -0.389 e. The molecule has 3 aliphatic rings. The predicted octanol–water partition coefficient (Wildman–Crippen LogP) is 3.84. The highest BCUT2D eigenvalue weighted by molar-refractivity contribution is 5.09. The Balaban J connectivity index is 1.48. The van der Waals surface area contributed by atoms with E-state index in [9.17, 15) is 5.11 Å². The Morgan fingerprint density at radius 3 is 2.43 bits per heavy atom. The first-order valence-corrected chi connectivity index (χ1v) is 9.83. The van der Waals surface area contributed by atoms with Crippen LogP contribution in [0.4, 0.5) is 0 Å². The van der Waals surface area contributed by atoms with Crippen LogP contribution in [0.2, 0.25) is 0 Å². The molecule has 0 amide bonds. The fourth-order valence-electron chi connectivity index (χ4n) is 5.94.